The molecule has 1 aromatic rings. The van der Waals surface area contributed by atoms with E-state index in [4.69, 9.17) is 9.26 Å². The standard InChI is InChI=1S/C15H25N3O2/c1-13(16-12-14-4-9-20-17-14)15(5-2-3-6-15)18-7-10-19-11-8-18/h4,9,13,16H,2-3,5-8,10-12H2,1H3/t13-/m0/s1. The van der Waals surface area contributed by atoms with Crippen molar-refractivity contribution in [3.63, 3.8) is 0 Å². The fourth-order valence-corrected chi connectivity index (χ4v) is 3.80. The van der Waals surface area contributed by atoms with Crippen molar-refractivity contribution in [1.29, 1.82) is 0 Å². The summed E-state index contributed by atoms with van der Waals surface area (Å²) in [6.45, 7) is 6.98. The number of morpholine rings is 1. The Kier molecular flexibility index (Phi) is 4.38. The summed E-state index contributed by atoms with van der Waals surface area (Å²) in [6, 6.07) is 2.38. The third-order valence-electron chi connectivity index (χ3n) is 5.00. The van der Waals surface area contributed by atoms with Crippen LogP contribution in [0.25, 0.3) is 0 Å². The Morgan fingerprint density at radius 3 is 2.75 bits per heavy atom. The topological polar surface area (TPSA) is 50.5 Å². The van der Waals surface area contributed by atoms with Crippen molar-refractivity contribution in [1.82, 2.24) is 15.4 Å². The quantitative estimate of drug-likeness (QED) is 0.890. The molecule has 1 aliphatic carbocycles. The molecule has 5 heteroatoms. The van der Waals surface area contributed by atoms with E-state index in [0.717, 1.165) is 38.5 Å². The van der Waals surface area contributed by atoms with Crippen LogP contribution in [0.1, 0.15) is 38.3 Å². The molecule has 2 heterocycles. The van der Waals surface area contributed by atoms with E-state index in [1.165, 1.54) is 25.7 Å². The lowest BCUT2D eigenvalue weighted by Crippen LogP contribution is -2.61. The zero-order valence-electron chi connectivity index (χ0n) is 12.3. The molecule has 5 nitrogen and oxygen atoms in total. The molecule has 1 N–H and O–H groups in total. The molecule has 20 heavy (non-hydrogen) atoms. The Morgan fingerprint density at radius 1 is 1.35 bits per heavy atom. The molecule has 112 valence electrons. The minimum atomic E-state index is 0.299. The molecule has 1 saturated heterocycles. The highest BCUT2D eigenvalue weighted by Crippen LogP contribution is 2.38. The van der Waals surface area contributed by atoms with Crippen LogP contribution in [0.5, 0.6) is 0 Å². The normalized spacial score (nSPS) is 24.9. The van der Waals surface area contributed by atoms with Crippen LogP contribution >= 0.6 is 0 Å². The molecule has 1 aliphatic heterocycles. The van der Waals surface area contributed by atoms with Crippen molar-refractivity contribution in [2.75, 3.05) is 26.3 Å². The van der Waals surface area contributed by atoms with Crippen LogP contribution in [-0.4, -0.2) is 47.9 Å². The van der Waals surface area contributed by atoms with Crippen molar-refractivity contribution >= 4 is 0 Å². The first-order valence-corrected chi connectivity index (χ1v) is 7.77. The van der Waals surface area contributed by atoms with Gasteiger partial charge < -0.3 is 14.6 Å². The molecular weight excluding hydrogens is 254 g/mol. The molecule has 1 aromatic heterocycles. The molecule has 0 aromatic carbocycles. The van der Waals surface area contributed by atoms with Gasteiger partial charge in [0.15, 0.2) is 0 Å². The summed E-state index contributed by atoms with van der Waals surface area (Å²) in [5.74, 6) is 0. The maximum atomic E-state index is 5.52. The van der Waals surface area contributed by atoms with Gasteiger partial charge in [0.2, 0.25) is 0 Å². The molecule has 0 spiro atoms. The molecule has 0 unspecified atom stereocenters. The third-order valence-corrected chi connectivity index (χ3v) is 5.00. The van der Waals surface area contributed by atoms with Crippen molar-refractivity contribution < 1.29 is 9.26 Å². The Bertz CT molecular complexity index is 395. The third kappa shape index (κ3) is 2.75. The molecule has 3 rings (SSSR count). The van der Waals surface area contributed by atoms with E-state index >= 15 is 0 Å². The number of aromatic nitrogens is 1. The van der Waals surface area contributed by atoms with Crippen molar-refractivity contribution in [3.05, 3.63) is 18.0 Å². The molecule has 0 amide bonds. The Labute approximate surface area is 120 Å². The van der Waals surface area contributed by atoms with Crippen molar-refractivity contribution in [2.24, 2.45) is 0 Å². The van der Waals surface area contributed by atoms with Crippen LogP contribution < -0.4 is 5.32 Å². The van der Waals surface area contributed by atoms with Gasteiger partial charge in [-0.15, -0.1) is 0 Å². The summed E-state index contributed by atoms with van der Waals surface area (Å²) in [7, 11) is 0. The largest absolute Gasteiger partial charge is 0.379 e. The number of nitrogens with one attached hydrogen (secondary N) is 1. The molecule has 0 bridgehead atoms. The zero-order chi connectivity index (χ0) is 13.8. The molecule has 2 aliphatic rings. The Balaban J connectivity index is 1.65. The van der Waals surface area contributed by atoms with Gasteiger partial charge in [-0.3, -0.25) is 4.90 Å². The van der Waals surface area contributed by atoms with Gasteiger partial charge in [0, 0.05) is 37.3 Å². The highest BCUT2D eigenvalue weighted by molar-refractivity contribution is 5.04. The van der Waals surface area contributed by atoms with E-state index in [0.29, 0.717) is 11.6 Å². The lowest BCUT2D eigenvalue weighted by atomic mass is 9.86. The van der Waals surface area contributed by atoms with Gasteiger partial charge in [0.25, 0.3) is 0 Å². The van der Waals surface area contributed by atoms with Crippen LogP contribution in [0.4, 0.5) is 0 Å². The van der Waals surface area contributed by atoms with E-state index in [9.17, 15) is 0 Å². The van der Waals surface area contributed by atoms with E-state index < -0.39 is 0 Å². The van der Waals surface area contributed by atoms with Gasteiger partial charge >= 0.3 is 0 Å². The van der Waals surface area contributed by atoms with Gasteiger partial charge in [-0.25, -0.2) is 0 Å². The van der Waals surface area contributed by atoms with Gasteiger partial charge in [-0.1, -0.05) is 18.0 Å². The average Bonchev–Trinajstić information content (AvgIpc) is 3.18. The SMILES string of the molecule is C[C@H](NCc1ccon1)C1(N2CCOCC2)CCCC1. The Hall–Kier alpha value is -0.910. The van der Waals surface area contributed by atoms with E-state index in [1.807, 2.05) is 6.07 Å². The number of hydrogen-bond donors (Lipinski definition) is 1. The maximum Gasteiger partial charge on any atom is 0.124 e. The minimum absolute atomic E-state index is 0.299. The average molecular weight is 279 g/mol. The van der Waals surface area contributed by atoms with E-state index in [2.05, 4.69) is 22.3 Å². The predicted octanol–water partition coefficient (Wildman–Crippen LogP) is 1.80. The molecule has 2 fully saturated rings. The summed E-state index contributed by atoms with van der Waals surface area (Å²) in [6.07, 6.45) is 6.90. The molecule has 0 radical (unpaired) electrons. The lowest BCUT2D eigenvalue weighted by Gasteiger charge is -2.47. The first-order chi connectivity index (χ1) is 9.81. The molecular formula is C15H25N3O2. The van der Waals surface area contributed by atoms with Gasteiger partial charge in [-0.05, 0) is 19.8 Å². The second-order valence-corrected chi connectivity index (χ2v) is 6.00. The number of rotatable bonds is 5. The fourth-order valence-electron chi connectivity index (χ4n) is 3.80. The minimum Gasteiger partial charge on any atom is -0.379 e. The van der Waals surface area contributed by atoms with Crippen LogP contribution in [0.3, 0.4) is 0 Å². The lowest BCUT2D eigenvalue weighted by molar-refractivity contribution is -0.0335. The zero-order valence-corrected chi connectivity index (χ0v) is 12.3. The summed E-state index contributed by atoms with van der Waals surface area (Å²) in [5, 5.41) is 7.64. The fraction of sp³-hybridized carbons (Fsp3) is 0.800. The van der Waals surface area contributed by atoms with Gasteiger partial charge in [0.1, 0.15) is 6.26 Å². The van der Waals surface area contributed by atoms with Crippen molar-refractivity contribution in [3.8, 4) is 0 Å². The van der Waals surface area contributed by atoms with Crippen LogP contribution in [-0.2, 0) is 11.3 Å². The van der Waals surface area contributed by atoms with Crippen LogP contribution in [0, 0.1) is 0 Å². The highest BCUT2D eigenvalue weighted by Gasteiger charge is 2.44. The van der Waals surface area contributed by atoms with E-state index in [1.54, 1.807) is 6.26 Å². The van der Waals surface area contributed by atoms with Gasteiger partial charge in [0.05, 0.1) is 18.9 Å². The van der Waals surface area contributed by atoms with Gasteiger partial charge in [-0.2, -0.15) is 0 Å². The van der Waals surface area contributed by atoms with Crippen molar-refractivity contribution in [2.45, 2.75) is 50.7 Å². The molecule has 1 saturated carbocycles. The second-order valence-electron chi connectivity index (χ2n) is 6.00. The summed E-state index contributed by atoms with van der Waals surface area (Å²) >= 11 is 0. The highest BCUT2D eigenvalue weighted by atomic mass is 16.5. The summed E-state index contributed by atoms with van der Waals surface area (Å²) in [5.41, 5.74) is 1.28. The smallest absolute Gasteiger partial charge is 0.124 e. The Morgan fingerprint density at radius 2 is 2.10 bits per heavy atom. The number of ether oxygens (including phenoxy) is 1. The molecule has 1 atom stereocenters. The predicted molar refractivity (Wildman–Crippen MR) is 76.4 cm³/mol. The first-order valence-electron chi connectivity index (χ1n) is 7.77. The van der Waals surface area contributed by atoms with Crippen LogP contribution in [0.2, 0.25) is 0 Å². The van der Waals surface area contributed by atoms with E-state index in [-0.39, 0.29) is 0 Å². The second kappa shape index (κ2) is 6.24. The summed E-state index contributed by atoms with van der Waals surface area (Å²) in [4.78, 5) is 2.66. The summed E-state index contributed by atoms with van der Waals surface area (Å²) < 4.78 is 10.4. The number of hydrogen-bond acceptors (Lipinski definition) is 5. The maximum absolute atomic E-state index is 5.52. The first kappa shape index (κ1) is 14.0. The monoisotopic (exact) mass is 279 g/mol. The number of nitrogens with zero attached hydrogens (tertiary/aromatic N) is 2. The van der Waals surface area contributed by atoms with Crippen LogP contribution in [0.15, 0.2) is 16.9 Å².